The van der Waals surface area contributed by atoms with Gasteiger partial charge in [-0.05, 0) is 37.3 Å². The number of nitrogens with one attached hydrogen (secondary N) is 1. The summed E-state index contributed by atoms with van der Waals surface area (Å²) in [6, 6.07) is 5.55. The number of aryl methyl sites for hydroxylation is 1. The molecule has 6 rings (SSSR count). The van der Waals surface area contributed by atoms with Gasteiger partial charge in [0.1, 0.15) is 17.3 Å². The SMILES string of the molecule is CCc1ccc(OCC(=O)NC23CC(c4nc(COc5cnc(C(F)(F)F)c(Cl)c5)no4)(C2)C3)cc1F. The Kier molecular flexibility index (Phi) is 6.25. The second-order valence-corrected chi connectivity index (χ2v) is 9.75. The number of carbonyl (C=O) groups is 1. The monoisotopic (exact) mass is 540 g/mol. The van der Waals surface area contributed by atoms with Crippen LogP contribution in [-0.4, -0.2) is 33.2 Å². The van der Waals surface area contributed by atoms with Crippen LogP contribution in [-0.2, 0) is 29.4 Å². The molecule has 0 unspecified atom stereocenters. The fourth-order valence-electron chi connectivity index (χ4n) is 4.92. The lowest BCUT2D eigenvalue weighted by Crippen LogP contribution is -2.77. The molecule has 0 atom stereocenters. The van der Waals surface area contributed by atoms with E-state index in [4.69, 9.17) is 25.6 Å². The zero-order valence-corrected chi connectivity index (χ0v) is 20.2. The van der Waals surface area contributed by atoms with Gasteiger partial charge in [0.2, 0.25) is 11.7 Å². The summed E-state index contributed by atoms with van der Waals surface area (Å²) in [5.41, 5.74) is -1.32. The number of hydrogen-bond acceptors (Lipinski definition) is 7. The molecule has 37 heavy (non-hydrogen) atoms. The van der Waals surface area contributed by atoms with Gasteiger partial charge in [0.15, 0.2) is 18.9 Å². The molecule has 2 bridgehead atoms. The summed E-state index contributed by atoms with van der Waals surface area (Å²) in [7, 11) is 0. The third-order valence-corrected chi connectivity index (χ3v) is 6.87. The third-order valence-electron chi connectivity index (χ3n) is 6.58. The van der Waals surface area contributed by atoms with Gasteiger partial charge >= 0.3 is 6.18 Å². The number of alkyl halides is 3. The van der Waals surface area contributed by atoms with Gasteiger partial charge in [-0.15, -0.1) is 0 Å². The minimum Gasteiger partial charge on any atom is -0.484 e. The van der Waals surface area contributed by atoms with Crippen LogP contribution >= 0.6 is 11.6 Å². The number of amides is 1. The number of nitrogens with zero attached hydrogens (tertiary/aromatic N) is 3. The predicted molar refractivity (Wildman–Crippen MR) is 121 cm³/mol. The van der Waals surface area contributed by atoms with Crippen LogP contribution in [0.2, 0.25) is 5.02 Å². The van der Waals surface area contributed by atoms with E-state index in [1.807, 2.05) is 6.92 Å². The van der Waals surface area contributed by atoms with E-state index in [0.717, 1.165) is 12.3 Å². The lowest BCUT2D eigenvalue weighted by molar-refractivity contribution is -0.144. The minimum absolute atomic E-state index is 0.0304. The Morgan fingerprint density at radius 2 is 1.95 bits per heavy atom. The molecule has 0 spiro atoms. The molecule has 1 amide bonds. The summed E-state index contributed by atoms with van der Waals surface area (Å²) in [5.74, 6) is 0.261. The molecule has 3 aliphatic rings. The standard InChI is InChI=1S/C24H21ClF4N4O4/c1-2-13-3-4-14(6-17(13)26)36-9-19(34)32-23-10-22(11-23,12-23)21-31-18(33-37-21)8-35-15-5-16(25)20(30-7-15)24(27,28)29/h3-7H,2,8-12H2,1H3,(H,32,34). The van der Waals surface area contributed by atoms with Crippen LogP contribution in [0.25, 0.3) is 0 Å². The molecular formula is C24H21ClF4N4O4. The first-order valence-electron chi connectivity index (χ1n) is 11.4. The Bertz CT molecular complexity index is 1330. The summed E-state index contributed by atoms with van der Waals surface area (Å²) in [6.45, 7) is 1.47. The number of halogens is 5. The van der Waals surface area contributed by atoms with Crippen molar-refractivity contribution in [3.8, 4) is 11.5 Å². The zero-order valence-electron chi connectivity index (χ0n) is 19.5. The number of carbonyl (C=O) groups excluding carboxylic acids is 1. The molecule has 3 aromatic rings. The van der Waals surface area contributed by atoms with E-state index >= 15 is 0 Å². The van der Waals surface area contributed by atoms with Gasteiger partial charge in [-0.3, -0.25) is 4.79 Å². The molecule has 0 saturated heterocycles. The van der Waals surface area contributed by atoms with Crippen LogP contribution in [0.1, 0.15) is 49.2 Å². The van der Waals surface area contributed by atoms with Crippen molar-refractivity contribution >= 4 is 17.5 Å². The average molecular weight is 541 g/mol. The quantitative estimate of drug-likeness (QED) is 0.390. The smallest absolute Gasteiger partial charge is 0.434 e. The summed E-state index contributed by atoms with van der Waals surface area (Å²) in [6.07, 6.45) is -1.32. The van der Waals surface area contributed by atoms with E-state index in [1.165, 1.54) is 6.07 Å². The molecule has 0 aliphatic heterocycles. The summed E-state index contributed by atoms with van der Waals surface area (Å²) in [4.78, 5) is 20.0. The topological polar surface area (TPSA) is 99.4 Å². The van der Waals surface area contributed by atoms with Gasteiger partial charge < -0.3 is 19.3 Å². The first-order valence-corrected chi connectivity index (χ1v) is 11.8. The normalized spacial score (nSPS) is 22.1. The second-order valence-electron chi connectivity index (χ2n) is 9.34. The van der Waals surface area contributed by atoms with Gasteiger partial charge in [0.25, 0.3) is 5.91 Å². The summed E-state index contributed by atoms with van der Waals surface area (Å²) in [5, 5.41) is 6.25. The second kappa shape index (κ2) is 9.16. The fourth-order valence-corrected chi connectivity index (χ4v) is 5.18. The van der Waals surface area contributed by atoms with Gasteiger partial charge in [0, 0.05) is 17.7 Å². The Morgan fingerprint density at radius 3 is 2.59 bits per heavy atom. The van der Waals surface area contributed by atoms with Gasteiger partial charge in [-0.1, -0.05) is 29.7 Å². The highest BCUT2D eigenvalue weighted by molar-refractivity contribution is 6.31. The molecule has 8 nitrogen and oxygen atoms in total. The van der Waals surface area contributed by atoms with Gasteiger partial charge in [0.05, 0.1) is 16.6 Å². The first kappa shape index (κ1) is 25.2. The van der Waals surface area contributed by atoms with Crippen molar-refractivity contribution in [1.82, 2.24) is 20.4 Å². The maximum atomic E-state index is 13.9. The average Bonchev–Trinajstić information content (AvgIpc) is 3.25. The lowest BCUT2D eigenvalue weighted by Gasteiger charge is -2.68. The highest BCUT2D eigenvalue weighted by atomic mass is 35.5. The van der Waals surface area contributed by atoms with E-state index in [-0.39, 0.29) is 53.2 Å². The number of aromatic nitrogens is 3. The number of benzene rings is 1. The van der Waals surface area contributed by atoms with Crippen LogP contribution < -0.4 is 14.8 Å². The number of ether oxygens (including phenoxy) is 2. The maximum absolute atomic E-state index is 13.9. The highest BCUT2D eigenvalue weighted by Gasteiger charge is 2.72. The molecule has 3 aliphatic carbocycles. The predicted octanol–water partition coefficient (Wildman–Crippen LogP) is 4.79. The van der Waals surface area contributed by atoms with Crippen LogP contribution in [0.4, 0.5) is 17.6 Å². The Morgan fingerprint density at radius 1 is 1.19 bits per heavy atom. The van der Waals surface area contributed by atoms with Crippen molar-refractivity contribution in [1.29, 1.82) is 0 Å². The third kappa shape index (κ3) is 4.94. The van der Waals surface area contributed by atoms with Crippen molar-refractivity contribution in [2.45, 2.75) is 56.3 Å². The van der Waals surface area contributed by atoms with E-state index in [1.54, 1.807) is 12.1 Å². The highest BCUT2D eigenvalue weighted by Crippen LogP contribution is 2.67. The van der Waals surface area contributed by atoms with Crippen molar-refractivity contribution in [3.63, 3.8) is 0 Å². The molecule has 2 aromatic heterocycles. The Balaban J connectivity index is 1.09. The van der Waals surface area contributed by atoms with Crippen LogP contribution in [0, 0.1) is 5.82 Å². The molecule has 196 valence electrons. The van der Waals surface area contributed by atoms with Gasteiger partial charge in [-0.25, -0.2) is 9.37 Å². The molecule has 1 aromatic carbocycles. The molecule has 13 heteroatoms. The van der Waals surface area contributed by atoms with Crippen molar-refractivity contribution < 1.29 is 36.4 Å². The lowest BCUT2D eigenvalue weighted by atomic mass is 9.39. The number of rotatable bonds is 9. The molecule has 0 radical (unpaired) electrons. The largest absolute Gasteiger partial charge is 0.484 e. The molecular weight excluding hydrogens is 520 g/mol. The first-order chi connectivity index (χ1) is 17.5. The maximum Gasteiger partial charge on any atom is 0.434 e. The molecule has 2 heterocycles. The number of hydrogen-bond donors (Lipinski definition) is 1. The Labute approximate surface area is 213 Å². The van der Waals surface area contributed by atoms with Crippen LogP contribution in [0.3, 0.4) is 0 Å². The van der Waals surface area contributed by atoms with Gasteiger partial charge in [-0.2, -0.15) is 18.2 Å². The van der Waals surface area contributed by atoms with Crippen molar-refractivity contribution in [2.24, 2.45) is 0 Å². The van der Waals surface area contributed by atoms with E-state index < -0.39 is 16.9 Å². The zero-order chi connectivity index (χ0) is 26.4. The Hall–Kier alpha value is -3.41. The van der Waals surface area contributed by atoms with Crippen molar-refractivity contribution in [3.05, 3.63) is 64.3 Å². The van der Waals surface area contributed by atoms with E-state index in [2.05, 4.69) is 20.4 Å². The molecule has 3 saturated carbocycles. The molecule has 1 N–H and O–H groups in total. The van der Waals surface area contributed by atoms with E-state index in [9.17, 15) is 22.4 Å². The minimum atomic E-state index is -4.66. The van der Waals surface area contributed by atoms with Crippen LogP contribution in [0.5, 0.6) is 11.5 Å². The van der Waals surface area contributed by atoms with E-state index in [0.29, 0.717) is 37.1 Å². The summed E-state index contributed by atoms with van der Waals surface area (Å²) >= 11 is 5.64. The summed E-state index contributed by atoms with van der Waals surface area (Å²) < 4.78 is 68.4. The molecule has 3 fully saturated rings. The van der Waals surface area contributed by atoms with Crippen molar-refractivity contribution in [2.75, 3.05) is 6.61 Å². The fraction of sp³-hybridized carbons (Fsp3) is 0.417. The van der Waals surface area contributed by atoms with Crippen LogP contribution in [0.15, 0.2) is 35.0 Å². The number of pyridine rings is 1.